The highest BCUT2D eigenvalue weighted by Crippen LogP contribution is 2.11. The summed E-state index contributed by atoms with van der Waals surface area (Å²) in [5, 5.41) is 9.94. The molecular formula is C14H15ClO4. The van der Waals surface area contributed by atoms with Gasteiger partial charge in [-0.3, -0.25) is 4.79 Å². The van der Waals surface area contributed by atoms with Gasteiger partial charge >= 0.3 is 5.97 Å². The highest BCUT2D eigenvalue weighted by Gasteiger charge is 2.10. The largest absolute Gasteiger partial charge is 0.502 e. The first-order chi connectivity index (χ1) is 9.02. The summed E-state index contributed by atoms with van der Waals surface area (Å²) in [5.74, 6) is -1.88. The Hall–Kier alpha value is -1.81. The third kappa shape index (κ3) is 5.57. The molecule has 0 radical (unpaired) electrons. The quantitative estimate of drug-likeness (QED) is 0.495. The van der Waals surface area contributed by atoms with E-state index in [1.807, 2.05) is 12.1 Å². The van der Waals surface area contributed by atoms with E-state index in [0.717, 1.165) is 11.6 Å². The number of aliphatic hydroxyl groups is 1. The number of hydrogen-bond acceptors (Lipinski definition) is 4. The summed E-state index contributed by atoms with van der Waals surface area (Å²) >= 11 is 5.75. The zero-order valence-electron chi connectivity index (χ0n) is 10.6. The smallest absolute Gasteiger partial charge is 0.373 e. The van der Waals surface area contributed by atoms with Gasteiger partial charge in [0.1, 0.15) is 0 Å². The van der Waals surface area contributed by atoms with Crippen molar-refractivity contribution in [2.75, 3.05) is 6.61 Å². The van der Waals surface area contributed by atoms with E-state index >= 15 is 0 Å². The first kappa shape index (κ1) is 15.2. The van der Waals surface area contributed by atoms with Crippen LogP contribution in [0, 0.1) is 0 Å². The maximum atomic E-state index is 11.5. The molecule has 0 fully saturated rings. The molecule has 1 aromatic carbocycles. The van der Waals surface area contributed by atoms with Crippen LogP contribution in [-0.2, 0) is 20.7 Å². The van der Waals surface area contributed by atoms with Crippen LogP contribution < -0.4 is 0 Å². The van der Waals surface area contributed by atoms with Gasteiger partial charge in [-0.2, -0.15) is 0 Å². The van der Waals surface area contributed by atoms with Gasteiger partial charge in [0.15, 0.2) is 5.78 Å². The molecule has 0 saturated heterocycles. The van der Waals surface area contributed by atoms with Crippen molar-refractivity contribution in [1.29, 1.82) is 0 Å². The van der Waals surface area contributed by atoms with Crippen LogP contribution in [0.5, 0.6) is 0 Å². The molecular weight excluding hydrogens is 268 g/mol. The molecule has 0 aromatic heterocycles. The molecule has 19 heavy (non-hydrogen) atoms. The average molecular weight is 283 g/mol. The normalized spacial score (nSPS) is 11.2. The lowest BCUT2D eigenvalue weighted by atomic mass is 10.1. The van der Waals surface area contributed by atoms with Crippen molar-refractivity contribution < 1.29 is 19.4 Å². The molecule has 1 rings (SSSR count). The summed E-state index contributed by atoms with van der Waals surface area (Å²) in [5.41, 5.74) is 0.960. The Morgan fingerprint density at radius 2 is 1.95 bits per heavy atom. The zero-order valence-corrected chi connectivity index (χ0v) is 11.3. The van der Waals surface area contributed by atoms with Gasteiger partial charge in [-0.05, 0) is 31.0 Å². The molecule has 0 aliphatic rings. The summed E-state index contributed by atoms with van der Waals surface area (Å²) in [6.45, 7) is 1.77. The van der Waals surface area contributed by atoms with Crippen LogP contribution in [0.2, 0.25) is 5.02 Å². The standard InChI is InChI=1S/C14H15ClO4/c1-2-19-14(18)13(17)9-12(16)8-5-10-3-6-11(15)7-4-10/h3-4,6-7,9,17H,2,5,8H2,1H3. The van der Waals surface area contributed by atoms with E-state index in [2.05, 4.69) is 4.74 Å². The lowest BCUT2D eigenvalue weighted by Crippen LogP contribution is -2.09. The number of benzene rings is 1. The second-order valence-corrected chi connectivity index (χ2v) is 4.28. The molecule has 0 heterocycles. The average Bonchev–Trinajstić information content (AvgIpc) is 2.38. The van der Waals surface area contributed by atoms with Crippen LogP contribution in [0.4, 0.5) is 0 Å². The Bertz CT molecular complexity index is 477. The summed E-state index contributed by atoms with van der Waals surface area (Å²) in [6, 6.07) is 7.13. The molecule has 102 valence electrons. The Morgan fingerprint density at radius 1 is 1.32 bits per heavy atom. The van der Waals surface area contributed by atoms with Gasteiger partial charge in [-0.15, -0.1) is 0 Å². The highest BCUT2D eigenvalue weighted by atomic mass is 35.5. The molecule has 1 N–H and O–H groups in total. The summed E-state index contributed by atoms with van der Waals surface area (Å²) in [7, 11) is 0. The Balaban J connectivity index is 2.49. The van der Waals surface area contributed by atoms with E-state index in [9.17, 15) is 14.7 Å². The number of carbonyl (C=O) groups is 2. The third-order valence-electron chi connectivity index (χ3n) is 2.36. The lowest BCUT2D eigenvalue weighted by molar-refractivity contribution is -0.141. The number of aryl methyl sites for hydroxylation is 1. The van der Waals surface area contributed by atoms with Crippen molar-refractivity contribution in [3.63, 3.8) is 0 Å². The monoisotopic (exact) mass is 282 g/mol. The number of ketones is 1. The van der Waals surface area contributed by atoms with Crippen LogP contribution in [-0.4, -0.2) is 23.5 Å². The van der Waals surface area contributed by atoms with Crippen LogP contribution in [0.3, 0.4) is 0 Å². The number of hydrogen-bond donors (Lipinski definition) is 1. The molecule has 0 bridgehead atoms. The molecule has 5 heteroatoms. The predicted octanol–water partition coefficient (Wildman–Crippen LogP) is 2.85. The lowest BCUT2D eigenvalue weighted by Gasteiger charge is -2.01. The van der Waals surface area contributed by atoms with Gasteiger partial charge in [0, 0.05) is 17.5 Å². The van der Waals surface area contributed by atoms with E-state index in [4.69, 9.17) is 11.6 Å². The SMILES string of the molecule is CCOC(=O)C(O)=CC(=O)CCc1ccc(Cl)cc1. The van der Waals surface area contributed by atoms with E-state index in [1.165, 1.54) is 0 Å². The van der Waals surface area contributed by atoms with Gasteiger partial charge in [0.2, 0.25) is 5.76 Å². The molecule has 1 aromatic rings. The number of ether oxygens (including phenoxy) is 1. The van der Waals surface area contributed by atoms with E-state index in [-0.39, 0.29) is 18.8 Å². The molecule has 4 nitrogen and oxygen atoms in total. The fourth-order valence-corrected chi connectivity index (χ4v) is 1.53. The van der Waals surface area contributed by atoms with Crippen molar-refractivity contribution in [1.82, 2.24) is 0 Å². The first-order valence-electron chi connectivity index (χ1n) is 5.88. The van der Waals surface area contributed by atoms with Gasteiger partial charge in [0.25, 0.3) is 0 Å². The minimum absolute atomic E-state index is 0.149. The minimum Gasteiger partial charge on any atom is -0.502 e. The maximum absolute atomic E-state index is 11.5. The predicted molar refractivity (Wildman–Crippen MR) is 72.1 cm³/mol. The third-order valence-corrected chi connectivity index (χ3v) is 2.61. The van der Waals surface area contributed by atoms with Crippen molar-refractivity contribution >= 4 is 23.4 Å². The van der Waals surface area contributed by atoms with E-state index in [0.29, 0.717) is 11.4 Å². The molecule has 0 aliphatic carbocycles. The van der Waals surface area contributed by atoms with Crippen LogP contribution in [0.1, 0.15) is 18.9 Å². The Morgan fingerprint density at radius 3 is 2.53 bits per heavy atom. The minimum atomic E-state index is -0.887. The van der Waals surface area contributed by atoms with Gasteiger partial charge in [-0.1, -0.05) is 23.7 Å². The second kappa shape index (κ2) is 7.59. The van der Waals surface area contributed by atoms with Crippen molar-refractivity contribution in [3.8, 4) is 0 Å². The van der Waals surface area contributed by atoms with Gasteiger partial charge in [0.05, 0.1) is 6.61 Å². The number of aliphatic hydroxyl groups excluding tert-OH is 1. The molecule has 0 saturated carbocycles. The molecule has 0 spiro atoms. The van der Waals surface area contributed by atoms with Crippen molar-refractivity contribution in [2.45, 2.75) is 19.8 Å². The fraction of sp³-hybridized carbons (Fsp3) is 0.286. The zero-order chi connectivity index (χ0) is 14.3. The van der Waals surface area contributed by atoms with E-state index in [1.54, 1.807) is 19.1 Å². The number of carbonyl (C=O) groups excluding carboxylic acids is 2. The maximum Gasteiger partial charge on any atom is 0.373 e. The number of allylic oxidation sites excluding steroid dienone is 1. The molecule has 0 unspecified atom stereocenters. The summed E-state index contributed by atoms with van der Waals surface area (Å²) in [4.78, 5) is 22.6. The summed E-state index contributed by atoms with van der Waals surface area (Å²) < 4.78 is 4.56. The van der Waals surface area contributed by atoms with Crippen molar-refractivity contribution in [3.05, 3.63) is 46.7 Å². The van der Waals surface area contributed by atoms with Crippen LogP contribution in [0.15, 0.2) is 36.1 Å². The topological polar surface area (TPSA) is 63.6 Å². The van der Waals surface area contributed by atoms with Crippen LogP contribution in [0.25, 0.3) is 0 Å². The van der Waals surface area contributed by atoms with E-state index < -0.39 is 11.7 Å². The molecule has 0 amide bonds. The number of rotatable bonds is 6. The van der Waals surface area contributed by atoms with Crippen LogP contribution >= 0.6 is 11.6 Å². The molecule has 0 aliphatic heterocycles. The first-order valence-corrected chi connectivity index (χ1v) is 6.25. The Kier molecular flexibility index (Phi) is 6.09. The molecule has 0 atom stereocenters. The Labute approximate surface area is 116 Å². The van der Waals surface area contributed by atoms with Gasteiger partial charge in [-0.25, -0.2) is 4.79 Å². The second-order valence-electron chi connectivity index (χ2n) is 3.84. The van der Waals surface area contributed by atoms with Gasteiger partial charge < -0.3 is 9.84 Å². The highest BCUT2D eigenvalue weighted by molar-refractivity contribution is 6.30. The number of esters is 1. The number of halogens is 1. The van der Waals surface area contributed by atoms with Crippen molar-refractivity contribution in [2.24, 2.45) is 0 Å². The summed E-state index contributed by atoms with van der Waals surface area (Å²) in [6.07, 6.45) is 1.61. The fourth-order valence-electron chi connectivity index (χ4n) is 1.41.